The van der Waals surface area contributed by atoms with Gasteiger partial charge in [-0.1, -0.05) is 13.3 Å². The van der Waals surface area contributed by atoms with Crippen molar-refractivity contribution in [1.29, 1.82) is 0 Å². The first kappa shape index (κ1) is 16.1. The Bertz CT molecular complexity index is 244. The van der Waals surface area contributed by atoms with E-state index in [0.29, 0.717) is 26.1 Å². The van der Waals surface area contributed by atoms with Gasteiger partial charge in [0, 0.05) is 19.5 Å². The third-order valence-electron chi connectivity index (χ3n) is 2.52. The van der Waals surface area contributed by atoms with E-state index >= 15 is 0 Å². The molecule has 0 heterocycles. The molecule has 5 heteroatoms. The number of carboxylic acid groups (broad SMARTS) is 1. The third-order valence-corrected chi connectivity index (χ3v) is 2.52. The van der Waals surface area contributed by atoms with Crippen LogP contribution >= 0.6 is 0 Å². The monoisotopic (exact) mass is 244 g/mol. The molecular weight excluding hydrogens is 220 g/mol. The zero-order chi connectivity index (χ0) is 13.3. The number of hydrogen-bond donors (Lipinski definition) is 1. The largest absolute Gasteiger partial charge is 0.480 e. The molecule has 0 aromatic heterocycles. The van der Waals surface area contributed by atoms with Crippen LogP contribution in [0.2, 0.25) is 0 Å². The predicted octanol–water partition coefficient (Wildman–Crippen LogP) is 0.694. The van der Waals surface area contributed by atoms with Gasteiger partial charge in [0.25, 0.3) is 0 Å². The van der Waals surface area contributed by atoms with Crippen molar-refractivity contribution in [3.05, 3.63) is 0 Å². The molecule has 17 heavy (non-hydrogen) atoms. The molecule has 0 rings (SSSR count). The quantitative estimate of drug-likeness (QED) is 0.613. The second-order valence-electron chi connectivity index (χ2n) is 4.51. The maximum atomic E-state index is 11.5. The molecule has 0 spiro atoms. The number of hydrogen-bond acceptors (Lipinski definition) is 4. The van der Waals surface area contributed by atoms with E-state index in [-0.39, 0.29) is 12.3 Å². The summed E-state index contributed by atoms with van der Waals surface area (Å²) >= 11 is 0. The van der Waals surface area contributed by atoms with Crippen LogP contribution in [-0.4, -0.2) is 66.9 Å². The fourth-order valence-corrected chi connectivity index (χ4v) is 1.48. The summed E-state index contributed by atoms with van der Waals surface area (Å²) in [5.41, 5.74) is 0. The average molecular weight is 244 g/mol. The number of likely N-dealkylation sites (N-methyl/N-ethyl adjacent to an activating group) is 2. The van der Waals surface area contributed by atoms with Crippen LogP contribution in [0.4, 0.5) is 0 Å². The molecule has 0 amide bonds. The van der Waals surface area contributed by atoms with E-state index in [0.717, 1.165) is 12.8 Å². The number of carboxylic acids is 1. The van der Waals surface area contributed by atoms with Gasteiger partial charge in [-0.2, -0.15) is 0 Å². The molecule has 0 aliphatic heterocycles. The molecule has 0 saturated heterocycles. The molecule has 0 aliphatic rings. The van der Waals surface area contributed by atoms with Gasteiger partial charge in [0.2, 0.25) is 0 Å². The Kier molecular flexibility index (Phi) is 8.62. The highest BCUT2D eigenvalue weighted by Crippen LogP contribution is 1.97. The Morgan fingerprint density at radius 1 is 1.06 bits per heavy atom. The van der Waals surface area contributed by atoms with Crippen molar-refractivity contribution in [2.24, 2.45) is 0 Å². The standard InChI is InChI=1S/C12H24N2O3/c1-4-5-6-11(15)9-13(2)7-8-14(3)10-12(16)17/h4-10H2,1-3H3,(H,16,17). The minimum Gasteiger partial charge on any atom is -0.480 e. The highest BCUT2D eigenvalue weighted by Gasteiger charge is 2.08. The van der Waals surface area contributed by atoms with Gasteiger partial charge in [-0.15, -0.1) is 0 Å². The fourth-order valence-electron chi connectivity index (χ4n) is 1.48. The Morgan fingerprint density at radius 3 is 2.06 bits per heavy atom. The molecule has 0 fully saturated rings. The maximum Gasteiger partial charge on any atom is 0.317 e. The molecule has 1 N–H and O–H groups in total. The van der Waals surface area contributed by atoms with Crippen molar-refractivity contribution in [1.82, 2.24) is 9.80 Å². The van der Waals surface area contributed by atoms with Crippen molar-refractivity contribution >= 4 is 11.8 Å². The van der Waals surface area contributed by atoms with E-state index in [1.54, 1.807) is 11.9 Å². The second kappa shape index (κ2) is 9.13. The van der Waals surface area contributed by atoms with Gasteiger partial charge in [-0.3, -0.25) is 19.4 Å². The number of carbonyl (C=O) groups is 2. The van der Waals surface area contributed by atoms with Crippen LogP contribution in [0.25, 0.3) is 0 Å². The molecule has 0 atom stereocenters. The van der Waals surface area contributed by atoms with Crippen molar-refractivity contribution in [3.63, 3.8) is 0 Å². The summed E-state index contributed by atoms with van der Waals surface area (Å²) in [5, 5.41) is 8.58. The van der Waals surface area contributed by atoms with Gasteiger partial charge in [0.15, 0.2) is 0 Å². The molecule has 0 aliphatic carbocycles. The van der Waals surface area contributed by atoms with E-state index in [1.165, 1.54) is 0 Å². The number of carbonyl (C=O) groups excluding carboxylic acids is 1. The SMILES string of the molecule is CCCCC(=O)CN(C)CCN(C)CC(=O)O. The van der Waals surface area contributed by atoms with Crippen LogP contribution in [-0.2, 0) is 9.59 Å². The van der Waals surface area contributed by atoms with Gasteiger partial charge in [0.05, 0.1) is 13.1 Å². The number of aliphatic carboxylic acids is 1. The zero-order valence-corrected chi connectivity index (χ0v) is 11.1. The minimum atomic E-state index is -0.825. The molecule has 0 aromatic rings. The lowest BCUT2D eigenvalue weighted by Crippen LogP contribution is -2.36. The summed E-state index contributed by atoms with van der Waals surface area (Å²) in [5.74, 6) is -0.565. The van der Waals surface area contributed by atoms with Gasteiger partial charge < -0.3 is 5.11 Å². The van der Waals surface area contributed by atoms with Crippen LogP contribution in [0, 0.1) is 0 Å². The van der Waals surface area contributed by atoms with Crippen molar-refractivity contribution in [2.75, 3.05) is 40.3 Å². The van der Waals surface area contributed by atoms with E-state index in [4.69, 9.17) is 5.11 Å². The lowest BCUT2D eigenvalue weighted by atomic mass is 10.2. The first-order valence-electron chi connectivity index (χ1n) is 6.06. The first-order valence-corrected chi connectivity index (χ1v) is 6.06. The van der Waals surface area contributed by atoms with Crippen LogP contribution in [0.5, 0.6) is 0 Å². The number of Topliss-reactive ketones (excluding diaryl/α,β-unsaturated/α-hetero) is 1. The number of nitrogens with zero attached hydrogens (tertiary/aromatic N) is 2. The lowest BCUT2D eigenvalue weighted by Gasteiger charge is -2.20. The van der Waals surface area contributed by atoms with Crippen molar-refractivity contribution < 1.29 is 14.7 Å². The highest BCUT2D eigenvalue weighted by atomic mass is 16.4. The summed E-state index contributed by atoms with van der Waals surface area (Å²) in [6.45, 7) is 3.93. The highest BCUT2D eigenvalue weighted by molar-refractivity contribution is 5.80. The summed E-state index contributed by atoms with van der Waals surface area (Å²) in [6, 6.07) is 0. The van der Waals surface area contributed by atoms with Crippen LogP contribution in [0.1, 0.15) is 26.2 Å². The normalized spacial score (nSPS) is 11.1. The molecule has 0 unspecified atom stereocenters. The number of rotatable bonds is 10. The Labute approximate surface area is 103 Å². The van der Waals surface area contributed by atoms with Gasteiger partial charge in [0.1, 0.15) is 5.78 Å². The summed E-state index contributed by atoms with van der Waals surface area (Å²) < 4.78 is 0. The van der Waals surface area contributed by atoms with Gasteiger partial charge in [-0.25, -0.2) is 0 Å². The molecule has 0 saturated carbocycles. The van der Waals surface area contributed by atoms with E-state index in [9.17, 15) is 9.59 Å². The Balaban J connectivity index is 3.67. The zero-order valence-electron chi connectivity index (χ0n) is 11.1. The smallest absolute Gasteiger partial charge is 0.317 e. The Morgan fingerprint density at radius 2 is 1.59 bits per heavy atom. The van der Waals surface area contributed by atoms with Crippen LogP contribution in [0.15, 0.2) is 0 Å². The third kappa shape index (κ3) is 9.96. The molecule has 5 nitrogen and oxygen atoms in total. The second-order valence-corrected chi connectivity index (χ2v) is 4.51. The van der Waals surface area contributed by atoms with Crippen molar-refractivity contribution in [3.8, 4) is 0 Å². The maximum absolute atomic E-state index is 11.5. The molecule has 0 radical (unpaired) electrons. The Hall–Kier alpha value is -0.940. The van der Waals surface area contributed by atoms with E-state index in [1.807, 2.05) is 11.9 Å². The molecule has 100 valence electrons. The predicted molar refractivity (Wildman–Crippen MR) is 67.2 cm³/mol. The fraction of sp³-hybridized carbons (Fsp3) is 0.833. The average Bonchev–Trinajstić information content (AvgIpc) is 2.22. The minimum absolute atomic E-state index is 0.0393. The van der Waals surface area contributed by atoms with E-state index in [2.05, 4.69) is 6.92 Å². The van der Waals surface area contributed by atoms with E-state index < -0.39 is 5.97 Å². The first-order chi connectivity index (χ1) is 7.95. The lowest BCUT2D eigenvalue weighted by molar-refractivity contribution is -0.138. The van der Waals surface area contributed by atoms with Crippen LogP contribution < -0.4 is 0 Å². The molecular formula is C12H24N2O3. The topological polar surface area (TPSA) is 60.9 Å². The van der Waals surface area contributed by atoms with Gasteiger partial charge >= 0.3 is 5.97 Å². The van der Waals surface area contributed by atoms with Crippen LogP contribution in [0.3, 0.4) is 0 Å². The van der Waals surface area contributed by atoms with Gasteiger partial charge in [-0.05, 0) is 20.5 Å². The molecule has 0 aromatic carbocycles. The number of ketones is 1. The summed E-state index contributed by atoms with van der Waals surface area (Å²) in [6.07, 6.45) is 2.63. The number of unbranched alkanes of at least 4 members (excludes halogenated alkanes) is 1. The summed E-state index contributed by atoms with van der Waals surface area (Å²) in [7, 11) is 3.65. The molecule has 0 bridgehead atoms. The summed E-state index contributed by atoms with van der Waals surface area (Å²) in [4.78, 5) is 25.6. The van der Waals surface area contributed by atoms with Crippen molar-refractivity contribution in [2.45, 2.75) is 26.2 Å².